The van der Waals surface area contributed by atoms with Gasteiger partial charge in [-0.25, -0.2) is 4.98 Å². The topological polar surface area (TPSA) is 109 Å². The first-order valence-corrected chi connectivity index (χ1v) is 17.2. The number of halogens is 5. The van der Waals surface area contributed by atoms with Gasteiger partial charge in [0.25, 0.3) is 11.8 Å². The van der Waals surface area contributed by atoms with E-state index in [1.54, 1.807) is 36.0 Å². The lowest BCUT2D eigenvalue weighted by Crippen LogP contribution is -2.40. The number of imidazole rings is 1. The maximum atomic E-state index is 13.8. The molecule has 49 heavy (non-hydrogen) atoms. The molecule has 3 aliphatic rings. The number of nitrogens with one attached hydrogen (secondary N) is 3. The van der Waals surface area contributed by atoms with Gasteiger partial charge in [0.1, 0.15) is 5.69 Å². The van der Waals surface area contributed by atoms with Crippen LogP contribution in [0.3, 0.4) is 0 Å². The number of aryl methyl sites for hydroxylation is 3. The molecule has 260 valence electrons. The molecular formula is C34H37Cl2F3N8O2. The number of nitrogens with zero attached hydrogens (tertiary/aromatic N) is 5. The van der Waals surface area contributed by atoms with Gasteiger partial charge in [-0.15, -0.1) is 0 Å². The van der Waals surface area contributed by atoms with Crippen LogP contribution in [-0.4, -0.2) is 56.5 Å². The van der Waals surface area contributed by atoms with Gasteiger partial charge in [0.05, 0.1) is 43.9 Å². The summed E-state index contributed by atoms with van der Waals surface area (Å²) in [6.45, 7) is 3.70. The Kier molecular flexibility index (Phi) is 8.71. The molecule has 0 spiro atoms. The van der Waals surface area contributed by atoms with Crippen LogP contribution < -0.4 is 20.9 Å². The van der Waals surface area contributed by atoms with Crippen LogP contribution in [0, 0.1) is 24.7 Å². The van der Waals surface area contributed by atoms with Crippen LogP contribution in [0.1, 0.15) is 64.2 Å². The zero-order valence-corrected chi connectivity index (χ0v) is 28.8. The van der Waals surface area contributed by atoms with Crippen molar-refractivity contribution in [3.63, 3.8) is 0 Å². The number of alkyl halides is 3. The molecule has 0 radical (unpaired) electrons. The van der Waals surface area contributed by atoms with Gasteiger partial charge in [0, 0.05) is 45.5 Å². The number of carbonyl (C=O) groups excluding carboxylic acids is 2. The maximum absolute atomic E-state index is 13.8. The molecule has 3 heterocycles. The number of piperidine rings is 1. The average Bonchev–Trinajstić information content (AvgIpc) is 3.34. The molecule has 15 heteroatoms. The summed E-state index contributed by atoms with van der Waals surface area (Å²) < 4.78 is 43.2. The van der Waals surface area contributed by atoms with E-state index < -0.39 is 12.1 Å². The minimum atomic E-state index is -4.21. The molecule has 3 fully saturated rings. The van der Waals surface area contributed by atoms with Crippen molar-refractivity contribution in [2.24, 2.45) is 31.8 Å². The smallest absolute Gasteiger partial charge is 0.370 e. The summed E-state index contributed by atoms with van der Waals surface area (Å²) in [4.78, 5) is 33.5. The van der Waals surface area contributed by atoms with E-state index in [0.717, 1.165) is 30.0 Å². The van der Waals surface area contributed by atoms with Crippen molar-refractivity contribution < 1.29 is 22.8 Å². The minimum absolute atomic E-state index is 0.00765. The largest absolute Gasteiger partial charge is 0.391 e. The van der Waals surface area contributed by atoms with Crippen LogP contribution in [0.5, 0.6) is 0 Å². The Morgan fingerprint density at radius 3 is 2.37 bits per heavy atom. The second-order valence-electron chi connectivity index (χ2n) is 13.6. The highest BCUT2D eigenvalue weighted by Gasteiger charge is 2.46. The molecule has 2 aromatic heterocycles. The van der Waals surface area contributed by atoms with Crippen LogP contribution in [0.15, 0.2) is 30.3 Å². The molecule has 2 atom stereocenters. The zero-order chi connectivity index (χ0) is 34.8. The van der Waals surface area contributed by atoms with E-state index >= 15 is 0 Å². The molecule has 10 nitrogen and oxygen atoms in total. The summed E-state index contributed by atoms with van der Waals surface area (Å²) in [5.41, 5.74) is 4.77. The molecule has 2 aliphatic carbocycles. The lowest BCUT2D eigenvalue weighted by Gasteiger charge is -2.31. The van der Waals surface area contributed by atoms with Crippen LogP contribution >= 0.6 is 23.2 Å². The van der Waals surface area contributed by atoms with Crippen molar-refractivity contribution in [2.45, 2.75) is 57.8 Å². The fourth-order valence-corrected chi connectivity index (χ4v) is 7.63. The van der Waals surface area contributed by atoms with Gasteiger partial charge in [0.2, 0.25) is 5.95 Å². The molecule has 1 aliphatic heterocycles. The number of benzene rings is 2. The number of fused-ring (bicyclic) bond motifs is 2. The summed E-state index contributed by atoms with van der Waals surface area (Å²) in [7, 11) is 3.62. The normalized spacial score (nSPS) is 21.9. The molecular weight excluding hydrogens is 680 g/mol. The van der Waals surface area contributed by atoms with Crippen molar-refractivity contribution in [2.75, 3.05) is 23.3 Å². The first-order chi connectivity index (χ1) is 23.3. The third-order valence-corrected chi connectivity index (χ3v) is 11.0. The summed E-state index contributed by atoms with van der Waals surface area (Å²) >= 11 is 13.4. The number of rotatable bonds is 8. The predicted molar refractivity (Wildman–Crippen MR) is 183 cm³/mol. The Bertz CT molecular complexity index is 1920. The number of carbonyl (C=O) groups is 2. The number of aromatic nitrogens is 4. The zero-order valence-electron chi connectivity index (χ0n) is 27.3. The summed E-state index contributed by atoms with van der Waals surface area (Å²) in [6.07, 6.45) is -2.44. The Hall–Kier alpha value is -3.97. The highest BCUT2D eigenvalue weighted by molar-refractivity contribution is 6.39. The van der Waals surface area contributed by atoms with Crippen molar-refractivity contribution >= 4 is 63.4 Å². The number of hydrogen-bond donors (Lipinski definition) is 3. The van der Waals surface area contributed by atoms with Crippen LogP contribution in [0.4, 0.5) is 30.5 Å². The lowest BCUT2D eigenvalue weighted by molar-refractivity contribution is -0.182. The monoisotopic (exact) mass is 716 g/mol. The Labute approximate surface area is 291 Å². The van der Waals surface area contributed by atoms with Crippen molar-refractivity contribution in [1.29, 1.82) is 0 Å². The molecule has 2 amide bonds. The highest BCUT2D eigenvalue weighted by atomic mass is 35.5. The van der Waals surface area contributed by atoms with E-state index in [4.69, 9.17) is 28.2 Å². The van der Waals surface area contributed by atoms with Gasteiger partial charge in [-0.1, -0.05) is 29.3 Å². The van der Waals surface area contributed by atoms with Crippen LogP contribution in [-0.2, 0) is 20.6 Å². The Balaban J connectivity index is 1.13. The van der Waals surface area contributed by atoms with Gasteiger partial charge < -0.3 is 25.4 Å². The maximum Gasteiger partial charge on any atom is 0.391 e. The Morgan fingerprint density at radius 1 is 1.00 bits per heavy atom. The van der Waals surface area contributed by atoms with E-state index in [2.05, 4.69) is 25.9 Å². The summed E-state index contributed by atoms with van der Waals surface area (Å²) in [5, 5.41) is 14.0. The summed E-state index contributed by atoms with van der Waals surface area (Å²) in [6, 6.07) is 8.52. The number of anilines is 3. The quantitative estimate of drug-likeness (QED) is 0.183. The van der Waals surface area contributed by atoms with Crippen molar-refractivity contribution in [3.05, 3.63) is 62.9 Å². The molecule has 2 aromatic carbocycles. The van der Waals surface area contributed by atoms with Gasteiger partial charge in [-0.05, 0) is 80.7 Å². The molecule has 7 rings (SSSR count). The van der Waals surface area contributed by atoms with Gasteiger partial charge in [-0.2, -0.15) is 18.3 Å². The SMILES string of the molecule is Cc1cc(C(=O)NCc2ccc(Cl)c(Nc3nc4cc(C(=O)NC5CCC(C(F)(F)F)CC5)c(N5CC6CC6C5)cc4n3C)c2Cl)nn1C. The van der Waals surface area contributed by atoms with Crippen LogP contribution in [0.25, 0.3) is 11.0 Å². The van der Waals surface area contributed by atoms with Gasteiger partial charge in [0.15, 0.2) is 0 Å². The molecule has 3 N–H and O–H groups in total. The third kappa shape index (κ3) is 6.66. The highest BCUT2D eigenvalue weighted by Crippen LogP contribution is 2.47. The van der Waals surface area contributed by atoms with Crippen LogP contribution in [0.2, 0.25) is 10.0 Å². The average molecular weight is 718 g/mol. The number of amides is 2. The van der Waals surface area contributed by atoms with E-state index in [1.165, 1.54) is 6.42 Å². The second-order valence-corrected chi connectivity index (χ2v) is 14.4. The molecule has 2 saturated carbocycles. The minimum Gasteiger partial charge on any atom is -0.370 e. The van der Waals surface area contributed by atoms with Gasteiger partial charge >= 0.3 is 6.18 Å². The Morgan fingerprint density at radius 2 is 1.71 bits per heavy atom. The first-order valence-electron chi connectivity index (χ1n) is 16.4. The first kappa shape index (κ1) is 33.5. The predicted octanol–water partition coefficient (Wildman–Crippen LogP) is 6.90. The third-order valence-electron chi connectivity index (χ3n) is 10.3. The van der Waals surface area contributed by atoms with E-state index in [1.807, 2.05) is 24.6 Å². The fourth-order valence-electron chi connectivity index (χ4n) is 7.10. The van der Waals surface area contributed by atoms with E-state index in [-0.39, 0.29) is 50.1 Å². The van der Waals surface area contributed by atoms with E-state index in [9.17, 15) is 22.8 Å². The molecule has 1 saturated heterocycles. The fraction of sp³-hybridized carbons (Fsp3) is 0.471. The van der Waals surface area contributed by atoms with E-state index in [0.29, 0.717) is 55.9 Å². The molecule has 0 bridgehead atoms. The second kappa shape index (κ2) is 12.7. The standard InChI is InChI=1S/C34H37Cl2F3N8O2/c1-17-10-26(44-46(17)3)32(49)40-14-18-4-9-24(35)30(29(18)36)43-33-42-25-12-23(31(48)41-22-7-5-21(6-8-22)34(37,38)39)27(13-28(25)45(33)2)47-15-19-11-20(19)16-47/h4,9-10,12-13,19-22H,5-8,11,14-16H2,1-3H3,(H,40,49)(H,41,48)(H,42,43). The van der Waals surface area contributed by atoms with Crippen molar-refractivity contribution in [3.8, 4) is 0 Å². The van der Waals surface area contributed by atoms with Crippen molar-refractivity contribution in [1.82, 2.24) is 30.0 Å². The van der Waals surface area contributed by atoms with Gasteiger partial charge in [-0.3, -0.25) is 14.3 Å². The lowest BCUT2D eigenvalue weighted by atomic mass is 9.85. The molecule has 4 aromatic rings. The summed E-state index contributed by atoms with van der Waals surface area (Å²) in [5.74, 6) is -0.304. The number of hydrogen-bond acceptors (Lipinski definition) is 6. The molecule has 2 unspecified atom stereocenters.